The lowest BCUT2D eigenvalue weighted by atomic mass is 9.97. The number of carbonyl (C=O) groups excluding carboxylic acids is 1. The minimum absolute atomic E-state index is 0.378. The highest BCUT2D eigenvalue weighted by Gasteiger charge is 2.28. The largest absolute Gasteiger partial charge is 0.468 e. The first-order valence-corrected chi connectivity index (χ1v) is 6.65. The van der Waals surface area contributed by atoms with Crippen LogP contribution in [0, 0.1) is 13.8 Å². The average Bonchev–Trinajstić information content (AvgIpc) is 2.56. The highest BCUT2D eigenvalue weighted by atomic mass is 79.9. The number of rotatable bonds is 5. The smallest absolute Gasteiger partial charge is 0.325 e. The molecule has 1 heterocycles. The quantitative estimate of drug-likeness (QED) is 0.842. The molecule has 1 unspecified atom stereocenters. The normalized spacial score (nSPS) is 14.3. The van der Waals surface area contributed by atoms with Crippen LogP contribution in [0.1, 0.15) is 31.2 Å². The van der Waals surface area contributed by atoms with Crippen LogP contribution in [0.4, 0.5) is 0 Å². The van der Waals surface area contributed by atoms with E-state index in [0.717, 1.165) is 28.8 Å². The van der Waals surface area contributed by atoms with Gasteiger partial charge in [-0.2, -0.15) is 5.10 Å². The summed E-state index contributed by atoms with van der Waals surface area (Å²) < 4.78 is 7.63. The minimum Gasteiger partial charge on any atom is -0.468 e. The van der Waals surface area contributed by atoms with Crippen molar-refractivity contribution in [1.82, 2.24) is 9.78 Å². The molecule has 0 saturated carbocycles. The zero-order valence-electron chi connectivity index (χ0n) is 11.3. The molecule has 0 bridgehead atoms. The van der Waals surface area contributed by atoms with Gasteiger partial charge in [-0.25, -0.2) is 0 Å². The molecule has 0 radical (unpaired) electrons. The van der Waals surface area contributed by atoms with Gasteiger partial charge in [-0.3, -0.25) is 9.48 Å². The fraction of sp³-hybridized carbons (Fsp3) is 0.667. The molecule has 2 N–H and O–H groups in total. The van der Waals surface area contributed by atoms with Crippen LogP contribution in [-0.2, 0) is 16.1 Å². The molecule has 1 aromatic rings. The zero-order valence-corrected chi connectivity index (χ0v) is 12.9. The van der Waals surface area contributed by atoms with Crippen LogP contribution < -0.4 is 5.73 Å². The first-order chi connectivity index (χ1) is 8.29. The first-order valence-electron chi connectivity index (χ1n) is 5.86. The number of methoxy groups -OCH3 is 1. The lowest BCUT2D eigenvalue weighted by Crippen LogP contribution is -2.45. The SMILES string of the molecule is COC(=O)C(C)(N)CCCn1nc(C)c(Br)c1C. The average molecular weight is 318 g/mol. The van der Waals surface area contributed by atoms with Crippen LogP contribution in [-0.4, -0.2) is 28.4 Å². The van der Waals surface area contributed by atoms with Gasteiger partial charge in [0.1, 0.15) is 5.54 Å². The molecule has 0 spiro atoms. The first kappa shape index (κ1) is 15.2. The van der Waals surface area contributed by atoms with E-state index in [0.29, 0.717) is 6.42 Å². The van der Waals surface area contributed by atoms with E-state index < -0.39 is 5.54 Å². The molecular weight excluding hydrogens is 298 g/mol. The second kappa shape index (κ2) is 5.84. The zero-order chi connectivity index (χ0) is 13.9. The molecule has 1 rings (SSSR count). The number of esters is 1. The lowest BCUT2D eigenvalue weighted by Gasteiger charge is -2.21. The number of hydrogen-bond acceptors (Lipinski definition) is 4. The van der Waals surface area contributed by atoms with E-state index in [1.165, 1.54) is 7.11 Å². The summed E-state index contributed by atoms with van der Waals surface area (Å²) in [5.74, 6) is -0.378. The summed E-state index contributed by atoms with van der Waals surface area (Å²) in [4.78, 5) is 11.4. The highest BCUT2D eigenvalue weighted by Crippen LogP contribution is 2.20. The lowest BCUT2D eigenvalue weighted by molar-refractivity contribution is -0.146. The van der Waals surface area contributed by atoms with Crippen LogP contribution in [0.15, 0.2) is 4.47 Å². The fourth-order valence-corrected chi connectivity index (χ4v) is 2.11. The summed E-state index contributed by atoms with van der Waals surface area (Å²) in [5.41, 5.74) is 7.02. The summed E-state index contributed by atoms with van der Waals surface area (Å²) in [5, 5.41) is 4.41. The molecule has 0 aliphatic carbocycles. The Morgan fingerprint density at radius 1 is 1.56 bits per heavy atom. The maximum atomic E-state index is 11.4. The summed E-state index contributed by atoms with van der Waals surface area (Å²) in [6, 6.07) is 0. The van der Waals surface area contributed by atoms with Crippen LogP contribution in [0.3, 0.4) is 0 Å². The van der Waals surface area contributed by atoms with E-state index in [2.05, 4.69) is 25.8 Å². The van der Waals surface area contributed by atoms with Gasteiger partial charge in [0.25, 0.3) is 0 Å². The number of nitrogens with two attached hydrogens (primary N) is 1. The molecule has 0 saturated heterocycles. The summed E-state index contributed by atoms with van der Waals surface area (Å²) >= 11 is 3.48. The van der Waals surface area contributed by atoms with Gasteiger partial charge >= 0.3 is 5.97 Å². The number of aryl methyl sites for hydroxylation is 2. The minimum atomic E-state index is -0.928. The third-order valence-electron chi connectivity index (χ3n) is 3.01. The Morgan fingerprint density at radius 2 is 2.17 bits per heavy atom. The van der Waals surface area contributed by atoms with Gasteiger partial charge in [-0.1, -0.05) is 0 Å². The topological polar surface area (TPSA) is 70.1 Å². The molecule has 1 atom stereocenters. The van der Waals surface area contributed by atoms with E-state index in [1.807, 2.05) is 18.5 Å². The molecule has 102 valence electrons. The molecule has 0 aliphatic heterocycles. The van der Waals surface area contributed by atoms with Crippen LogP contribution in [0.5, 0.6) is 0 Å². The Kier molecular flexibility index (Phi) is 4.92. The van der Waals surface area contributed by atoms with Crippen LogP contribution >= 0.6 is 15.9 Å². The Balaban J connectivity index is 2.57. The summed E-state index contributed by atoms with van der Waals surface area (Å²) in [6.07, 6.45) is 1.34. The Labute approximate surface area is 116 Å². The van der Waals surface area contributed by atoms with E-state index in [9.17, 15) is 4.79 Å². The molecule has 5 nitrogen and oxygen atoms in total. The van der Waals surface area contributed by atoms with Crippen LogP contribution in [0.25, 0.3) is 0 Å². The molecule has 0 aromatic carbocycles. The van der Waals surface area contributed by atoms with Crippen molar-refractivity contribution in [2.45, 2.75) is 45.7 Å². The van der Waals surface area contributed by atoms with Gasteiger partial charge in [0.2, 0.25) is 0 Å². The van der Waals surface area contributed by atoms with Crippen molar-refractivity contribution in [3.8, 4) is 0 Å². The van der Waals surface area contributed by atoms with Gasteiger partial charge in [0.05, 0.1) is 17.3 Å². The van der Waals surface area contributed by atoms with Gasteiger partial charge < -0.3 is 10.5 Å². The van der Waals surface area contributed by atoms with Crippen molar-refractivity contribution < 1.29 is 9.53 Å². The van der Waals surface area contributed by atoms with E-state index in [1.54, 1.807) is 6.92 Å². The number of nitrogens with zero attached hydrogens (tertiary/aromatic N) is 2. The van der Waals surface area contributed by atoms with Crippen molar-refractivity contribution in [3.63, 3.8) is 0 Å². The second-order valence-corrected chi connectivity index (χ2v) is 5.51. The number of carbonyl (C=O) groups is 1. The molecule has 18 heavy (non-hydrogen) atoms. The van der Waals surface area contributed by atoms with Crippen molar-refractivity contribution >= 4 is 21.9 Å². The third kappa shape index (κ3) is 3.32. The standard InChI is InChI=1S/C12H20BrN3O2/c1-8-10(13)9(2)16(15-8)7-5-6-12(3,14)11(17)18-4/h5-7,14H2,1-4H3. The van der Waals surface area contributed by atoms with Crippen molar-refractivity contribution in [3.05, 3.63) is 15.9 Å². The maximum absolute atomic E-state index is 11.4. The molecule has 0 fully saturated rings. The number of aromatic nitrogens is 2. The summed E-state index contributed by atoms with van der Waals surface area (Å²) in [7, 11) is 1.35. The molecule has 6 heteroatoms. The predicted octanol–water partition coefficient (Wildman–Crippen LogP) is 1.93. The van der Waals surface area contributed by atoms with Gasteiger partial charge in [-0.05, 0) is 49.5 Å². The van der Waals surface area contributed by atoms with E-state index >= 15 is 0 Å². The van der Waals surface area contributed by atoms with E-state index in [4.69, 9.17) is 5.73 Å². The fourth-order valence-electron chi connectivity index (χ4n) is 1.82. The Bertz CT molecular complexity index is 441. The van der Waals surface area contributed by atoms with Crippen LogP contribution in [0.2, 0.25) is 0 Å². The Hall–Kier alpha value is -0.880. The van der Waals surface area contributed by atoms with Crippen molar-refractivity contribution in [2.24, 2.45) is 5.73 Å². The third-order valence-corrected chi connectivity index (χ3v) is 4.16. The monoisotopic (exact) mass is 317 g/mol. The molecular formula is C12H20BrN3O2. The van der Waals surface area contributed by atoms with Gasteiger partial charge in [0.15, 0.2) is 0 Å². The molecule has 0 aliphatic rings. The van der Waals surface area contributed by atoms with Gasteiger partial charge in [-0.15, -0.1) is 0 Å². The number of hydrogen-bond donors (Lipinski definition) is 1. The number of halogens is 1. The number of ether oxygens (including phenoxy) is 1. The summed E-state index contributed by atoms with van der Waals surface area (Å²) in [6.45, 7) is 6.39. The van der Waals surface area contributed by atoms with E-state index in [-0.39, 0.29) is 5.97 Å². The second-order valence-electron chi connectivity index (χ2n) is 4.72. The molecule has 1 aromatic heterocycles. The Morgan fingerprint density at radius 3 is 2.61 bits per heavy atom. The highest BCUT2D eigenvalue weighted by molar-refractivity contribution is 9.10. The van der Waals surface area contributed by atoms with Crippen molar-refractivity contribution in [2.75, 3.05) is 7.11 Å². The van der Waals surface area contributed by atoms with Gasteiger partial charge in [0, 0.05) is 12.2 Å². The molecule has 0 amide bonds. The van der Waals surface area contributed by atoms with Crippen molar-refractivity contribution in [1.29, 1.82) is 0 Å². The predicted molar refractivity (Wildman–Crippen MR) is 73.2 cm³/mol. The maximum Gasteiger partial charge on any atom is 0.325 e.